The number of hydrogen-bond acceptors (Lipinski definition) is 5. The maximum atomic E-state index is 12.2. The predicted octanol–water partition coefficient (Wildman–Crippen LogP) is 2.17. The van der Waals surface area contributed by atoms with Gasteiger partial charge >= 0.3 is 6.09 Å². The summed E-state index contributed by atoms with van der Waals surface area (Å²) in [6.45, 7) is 11.1. The first-order chi connectivity index (χ1) is 12.8. The fraction of sp³-hybridized carbons (Fsp3) is 0.667. The highest BCUT2D eigenvalue weighted by Crippen LogP contribution is 2.21. The van der Waals surface area contributed by atoms with Crippen LogP contribution < -0.4 is 0 Å². The summed E-state index contributed by atoms with van der Waals surface area (Å²) in [5, 5.41) is 10.7. The molecule has 2 saturated heterocycles. The van der Waals surface area contributed by atoms with Gasteiger partial charge in [-0.25, -0.2) is 4.79 Å². The van der Waals surface area contributed by atoms with Crippen LogP contribution in [0, 0.1) is 0 Å². The highest BCUT2D eigenvalue weighted by atomic mass is 16.6. The van der Waals surface area contributed by atoms with Crippen molar-refractivity contribution in [3.05, 3.63) is 35.9 Å². The molecule has 0 unspecified atom stereocenters. The standard InChI is InChI=1S/C21H33N3O3/c1-21(2,3)27-20(26)24-13-11-23(12-14-24)18-9-10-22(16-19(18)25)15-17-7-5-4-6-8-17/h4-8,18-19,25H,9-16H2,1-3H3/t18-,19-/m1/s1. The van der Waals surface area contributed by atoms with Crippen LogP contribution in [0.5, 0.6) is 0 Å². The van der Waals surface area contributed by atoms with Crippen molar-refractivity contribution in [3.8, 4) is 0 Å². The van der Waals surface area contributed by atoms with Crippen LogP contribution in [0.3, 0.4) is 0 Å². The Kier molecular flexibility index (Phi) is 6.40. The van der Waals surface area contributed by atoms with Crippen molar-refractivity contribution in [3.63, 3.8) is 0 Å². The molecule has 0 aromatic heterocycles. The minimum absolute atomic E-state index is 0.179. The van der Waals surface area contributed by atoms with Crippen molar-refractivity contribution >= 4 is 6.09 Å². The molecule has 0 aliphatic carbocycles. The molecule has 3 rings (SSSR count). The molecule has 1 aromatic rings. The second-order valence-corrected chi connectivity index (χ2v) is 8.65. The summed E-state index contributed by atoms with van der Waals surface area (Å²) in [5.41, 5.74) is 0.824. The molecule has 0 radical (unpaired) electrons. The molecule has 6 nitrogen and oxygen atoms in total. The average molecular weight is 376 g/mol. The van der Waals surface area contributed by atoms with E-state index in [0.717, 1.165) is 32.6 Å². The van der Waals surface area contributed by atoms with Gasteiger partial charge in [-0.3, -0.25) is 9.80 Å². The highest BCUT2D eigenvalue weighted by Gasteiger charge is 2.35. The third-order valence-corrected chi connectivity index (χ3v) is 5.31. The first kappa shape index (κ1) is 20.1. The lowest BCUT2D eigenvalue weighted by Crippen LogP contribution is -2.59. The van der Waals surface area contributed by atoms with E-state index in [2.05, 4.69) is 34.1 Å². The SMILES string of the molecule is CC(C)(C)OC(=O)N1CCN([C@@H]2CCN(Cc3ccccc3)C[C@H]2O)CC1. The smallest absolute Gasteiger partial charge is 0.410 e. The van der Waals surface area contributed by atoms with Gasteiger partial charge in [-0.2, -0.15) is 0 Å². The summed E-state index contributed by atoms with van der Waals surface area (Å²) in [5.74, 6) is 0. The van der Waals surface area contributed by atoms with Crippen LogP contribution in [-0.4, -0.2) is 82.9 Å². The summed E-state index contributed by atoms with van der Waals surface area (Å²) < 4.78 is 5.46. The number of aliphatic hydroxyl groups excluding tert-OH is 1. The Bertz CT molecular complexity index is 609. The minimum atomic E-state index is -0.462. The van der Waals surface area contributed by atoms with E-state index in [9.17, 15) is 9.90 Å². The van der Waals surface area contributed by atoms with Crippen molar-refractivity contribution in [2.45, 2.75) is 51.5 Å². The molecule has 1 amide bonds. The van der Waals surface area contributed by atoms with E-state index in [1.54, 1.807) is 4.90 Å². The number of piperidine rings is 1. The normalized spacial score (nSPS) is 25.4. The molecule has 2 heterocycles. The zero-order valence-corrected chi connectivity index (χ0v) is 16.8. The van der Waals surface area contributed by atoms with Crippen molar-refractivity contribution in [2.24, 2.45) is 0 Å². The zero-order valence-electron chi connectivity index (χ0n) is 16.8. The van der Waals surface area contributed by atoms with Crippen LogP contribution >= 0.6 is 0 Å². The van der Waals surface area contributed by atoms with Crippen LogP contribution in [0.15, 0.2) is 30.3 Å². The lowest BCUT2D eigenvalue weighted by atomic mass is 9.98. The molecule has 1 N–H and O–H groups in total. The molecule has 0 saturated carbocycles. The van der Waals surface area contributed by atoms with Crippen molar-refractivity contribution in [1.82, 2.24) is 14.7 Å². The fourth-order valence-corrected chi connectivity index (χ4v) is 3.96. The molecule has 2 atom stereocenters. The summed E-state index contributed by atoms with van der Waals surface area (Å²) in [6, 6.07) is 10.6. The van der Waals surface area contributed by atoms with E-state index < -0.39 is 5.60 Å². The molecule has 2 aliphatic heterocycles. The second kappa shape index (κ2) is 8.59. The number of aliphatic hydroxyl groups is 1. The fourth-order valence-electron chi connectivity index (χ4n) is 3.96. The monoisotopic (exact) mass is 375 g/mol. The van der Waals surface area contributed by atoms with Crippen molar-refractivity contribution in [2.75, 3.05) is 39.3 Å². The Balaban J connectivity index is 1.46. The van der Waals surface area contributed by atoms with E-state index in [1.165, 1.54) is 5.56 Å². The third-order valence-electron chi connectivity index (χ3n) is 5.31. The Morgan fingerprint density at radius 2 is 1.78 bits per heavy atom. The number of rotatable bonds is 3. The molecule has 1 aromatic carbocycles. The molecular formula is C21H33N3O3. The molecule has 27 heavy (non-hydrogen) atoms. The number of piperazine rings is 1. The van der Waals surface area contributed by atoms with Gasteiger partial charge in [-0.1, -0.05) is 30.3 Å². The molecule has 150 valence electrons. The number of benzene rings is 1. The van der Waals surface area contributed by atoms with Crippen molar-refractivity contribution < 1.29 is 14.6 Å². The number of amides is 1. The molecule has 0 spiro atoms. The lowest BCUT2D eigenvalue weighted by Gasteiger charge is -2.45. The van der Waals surface area contributed by atoms with Crippen LogP contribution in [0.2, 0.25) is 0 Å². The second-order valence-electron chi connectivity index (χ2n) is 8.65. The zero-order chi connectivity index (χ0) is 19.4. The number of β-amino-alcohol motifs (C(OH)–C–C–N with tert-alkyl or cyclic N) is 1. The van der Waals surface area contributed by atoms with E-state index >= 15 is 0 Å². The van der Waals surface area contributed by atoms with E-state index in [0.29, 0.717) is 19.6 Å². The molecule has 2 fully saturated rings. The summed E-state index contributed by atoms with van der Waals surface area (Å²) in [6.07, 6.45) is 0.372. The number of hydrogen-bond donors (Lipinski definition) is 1. The Labute approximate surface area is 162 Å². The predicted molar refractivity (Wildman–Crippen MR) is 106 cm³/mol. The van der Waals surface area contributed by atoms with Gasteiger partial charge in [0.05, 0.1) is 6.10 Å². The maximum Gasteiger partial charge on any atom is 0.410 e. The van der Waals surface area contributed by atoms with Crippen LogP contribution in [0.4, 0.5) is 4.79 Å². The highest BCUT2D eigenvalue weighted by molar-refractivity contribution is 5.68. The molecule has 2 aliphatic rings. The summed E-state index contributed by atoms with van der Waals surface area (Å²) in [4.78, 5) is 18.6. The van der Waals surface area contributed by atoms with E-state index in [4.69, 9.17) is 4.74 Å². The van der Waals surface area contributed by atoms with Crippen molar-refractivity contribution in [1.29, 1.82) is 0 Å². The summed E-state index contributed by atoms with van der Waals surface area (Å²) >= 11 is 0. The number of carbonyl (C=O) groups is 1. The third kappa shape index (κ3) is 5.67. The quantitative estimate of drug-likeness (QED) is 0.878. The van der Waals surface area contributed by atoms with Gasteiger partial charge < -0.3 is 14.7 Å². The van der Waals surface area contributed by atoms with Gasteiger partial charge in [0.2, 0.25) is 0 Å². The van der Waals surface area contributed by atoms with Gasteiger partial charge in [0, 0.05) is 51.9 Å². The molecule has 0 bridgehead atoms. The largest absolute Gasteiger partial charge is 0.444 e. The first-order valence-corrected chi connectivity index (χ1v) is 9.98. The number of carbonyl (C=O) groups excluding carboxylic acids is 1. The average Bonchev–Trinajstić information content (AvgIpc) is 2.61. The van der Waals surface area contributed by atoms with Crippen LogP contribution in [0.25, 0.3) is 0 Å². The van der Waals surface area contributed by atoms with Gasteiger partial charge in [0.1, 0.15) is 5.60 Å². The van der Waals surface area contributed by atoms with Gasteiger partial charge in [-0.05, 0) is 32.8 Å². The number of nitrogens with zero attached hydrogens (tertiary/aromatic N) is 3. The Hall–Kier alpha value is -1.63. The number of ether oxygens (including phenoxy) is 1. The molecule has 6 heteroatoms. The van der Waals surface area contributed by atoms with Gasteiger partial charge in [0.25, 0.3) is 0 Å². The van der Waals surface area contributed by atoms with Crippen LogP contribution in [-0.2, 0) is 11.3 Å². The lowest BCUT2D eigenvalue weighted by molar-refractivity contribution is -0.0354. The van der Waals surface area contributed by atoms with Crippen LogP contribution in [0.1, 0.15) is 32.8 Å². The topological polar surface area (TPSA) is 56.2 Å². The van der Waals surface area contributed by atoms with E-state index in [1.807, 2.05) is 26.8 Å². The molecular weight excluding hydrogens is 342 g/mol. The van der Waals surface area contributed by atoms with E-state index in [-0.39, 0.29) is 18.2 Å². The Morgan fingerprint density at radius 1 is 1.11 bits per heavy atom. The minimum Gasteiger partial charge on any atom is -0.444 e. The number of likely N-dealkylation sites (tertiary alicyclic amines) is 1. The van der Waals surface area contributed by atoms with Gasteiger partial charge in [-0.15, -0.1) is 0 Å². The summed E-state index contributed by atoms with van der Waals surface area (Å²) in [7, 11) is 0. The first-order valence-electron chi connectivity index (χ1n) is 9.98. The maximum absolute atomic E-state index is 12.2. The Morgan fingerprint density at radius 3 is 2.37 bits per heavy atom. The van der Waals surface area contributed by atoms with Gasteiger partial charge in [0.15, 0.2) is 0 Å².